The molecule has 1 heterocycles. The van der Waals surface area contributed by atoms with Crippen molar-refractivity contribution in [3.63, 3.8) is 0 Å². The maximum Gasteiger partial charge on any atom is 0.231 e. The standard InChI is InChI=1S/C20H19FN2O4/c21-16-4-2-1-3-12(16)7-8-22-19(24)14-10-15(14)20(25)23-13-5-6-17-18(9-13)27-11-26-17/h1-6,9,14-15H,7-8,10-11H2,(H,22,24)(H,23,25). The van der Waals surface area contributed by atoms with E-state index >= 15 is 0 Å². The third-order valence-electron chi connectivity index (χ3n) is 4.76. The number of hydrogen-bond acceptors (Lipinski definition) is 4. The molecule has 140 valence electrons. The van der Waals surface area contributed by atoms with Crippen LogP contribution in [0.25, 0.3) is 0 Å². The van der Waals surface area contributed by atoms with Gasteiger partial charge < -0.3 is 20.1 Å². The molecule has 2 N–H and O–H groups in total. The molecule has 1 aliphatic carbocycles. The number of carbonyl (C=O) groups excluding carboxylic acids is 2. The van der Waals surface area contributed by atoms with E-state index in [0.29, 0.717) is 42.1 Å². The molecule has 2 atom stereocenters. The van der Waals surface area contributed by atoms with E-state index in [2.05, 4.69) is 10.6 Å². The fourth-order valence-electron chi connectivity index (χ4n) is 3.14. The maximum atomic E-state index is 13.6. The Morgan fingerprint density at radius 1 is 1.04 bits per heavy atom. The molecule has 0 bridgehead atoms. The lowest BCUT2D eigenvalue weighted by atomic mass is 10.1. The van der Waals surface area contributed by atoms with Crippen molar-refractivity contribution in [2.75, 3.05) is 18.7 Å². The van der Waals surface area contributed by atoms with Gasteiger partial charge in [0.2, 0.25) is 18.6 Å². The predicted octanol–water partition coefficient (Wildman–Crippen LogP) is 2.49. The first-order valence-electron chi connectivity index (χ1n) is 8.83. The molecule has 7 heteroatoms. The lowest BCUT2D eigenvalue weighted by molar-refractivity contribution is -0.125. The molecule has 6 nitrogen and oxygen atoms in total. The van der Waals surface area contributed by atoms with E-state index in [4.69, 9.17) is 9.47 Å². The lowest BCUT2D eigenvalue weighted by Gasteiger charge is -2.07. The summed E-state index contributed by atoms with van der Waals surface area (Å²) in [7, 11) is 0. The Labute approximate surface area is 155 Å². The van der Waals surface area contributed by atoms with E-state index < -0.39 is 0 Å². The van der Waals surface area contributed by atoms with Crippen LogP contribution in [0.2, 0.25) is 0 Å². The third-order valence-corrected chi connectivity index (χ3v) is 4.76. The minimum absolute atomic E-state index is 0.169. The van der Waals surface area contributed by atoms with Gasteiger partial charge in [0.05, 0.1) is 11.8 Å². The molecule has 0 radical (unpaired) electrons. The molecule has 2 amide bonds. The summed E-state index contributed by atoms with van der Waals surface area (Å²) in [5, 5.41) is 5.58. The first-order chi connectivity index (χ1) is 13.1. The number of anilines is 1. The summed E-state index contributed by atoms with van der Waals surface area (Å²) in [4.78, 5) is 24.5. The largest absolute Gasteiger partial charge is 0.454 e. The topological polar surface area (TPSA) is 76.7 Å². The van der Waals surface area contributed by atoms with Crippen LogP contribution in [0.1, 0.15) is 12.0 Å². The zero-order valence-corrected chi connectivity index (χ0v) is 14.5. The average Bonchev–Trinajstić information content (AvgIpc) is 3.34. The van der Waals surface area contributed by atoms with Gasteiger partial charge in [-0.1, -0.05) is 18.2 Å². The second kappa shape index (κ2) is 7.26. The van der Waals surface area contributed by atoms with Crippen molar-refractivity contribution in [1.29, 1.82) is 0 Å². The minimum Gasteiger partial charge on any atom is -0.454 e. The van der Waals surface area contributed by atoms with Gasteiger partial charge in [-0.25, -0.2) is 4.39 Å². The first kappa shape index (κ1) is 17.3. The van der Waals surface area contributed by atoms with Gasteiger partial charge in [-0.05, 0) is 36.6 Å². The number of carbonyl (C=O) groups is 2. The Morgan fingerprint density at radius 2 is 1.81 bits per heavy atom. The van der Waals surface area contributed by atoms with Gasteiger partial charge in [0.25, 0.3) is 0 Å². The average molecular weight is 370 g/mol. The van der Waals surface area contributed by atoms with Gasteiger partial charge in [0.15, 0.2) is 11.5 Å². The fourth-order valence-corrected chi connectivity index (χ4v) is 3.14. The molecule has 27 heavy (non-hydrogen) atoms. The highest BCUT2D eigenvalue weighted by Gasteiger charge is 2.47. The number of benzene rings is 2. The number of amides is 2. The molecule has 1 aliphatic heterocycles. The van der Waals surface area contributed by atoms with E-state index in [1.54, 1.807) is 36.4 Å². The molecule has 0 saturated heterocycles. The minimum atomic E-state index is -0.344. The normalized spacial score (nSPS) is 19.4. The molecule has 2 aromatic carbocycles. The van der Waals surface area contributed by atoms with Gasteiger partial charge in [-0.2, -0.15) is 0 Å². The molecule has 0 aromatic heterocycles. The molecular weight excluding hydrogens is 351 g/mol. The predicted molar refractivity (Wildman–Crippen MR) is 95.9 cm³/mol. The monoisotopic (exact) mass is 370 g/mol. The van der Waals surface area contributed by atoms with Crippen LogP contribution in [0.4, 0.5) is 10.1 Å². The van der Waals surface area contributed by atoms with Crippen LogP contribution in [0.15, 0.2) is 42.5 Å². The van der Waals surface area contributed by atoms with Crippen LogP contribution >= 0.6 is 0 Å². The van der Waals surface area contributed by atoms with Gasteiger partial charge in [-0.3, -0.25) is 9.59 Å². The first-order valence-corrected chi connectivity index (χ1v) is 8.83. The van der Waals surface area contributed by atoms with Crippen LogP contribution in [0.3, 0.4) is 0 Å². The van der Waals surface area contributed by atoms with Gasteiger partial charge >= 0.3 is 0 Å². The van der Waals surface area contributed by atoms with Gasteiger partial charge in [0, 0.05) is 18.3 Å². The molecule has 2 aliphatic rings. The SMILES string of the molecule is O=C(NCCc1ccccc1F)C1CC1C(=O)Nc1ccc2c(c1)OCO2. The third kappa shape index (κ3) is 3.86. The number of fused-ring (bicyclic) bond motifs is 1. The number of halogens is 1. The molecule has 4 rings (SSSR count). The number of nitrogens with one attached hydrogen (secondary N) is 2. The molecule has 1 saturated carbocycles. The zero-order valence-electron chi connectivity index (χ0n) is 14.5. The summed E-state index contributed by atoms with van der Waals surface area (Å²) in [5.74, 6) is -0.0828. The van der Waals surface area contributed by atoms with Crippen molar-refractivity contribution in [2.24, 2.45) is 11.8 Å². The second-order valence-corrected chi connectivity index (χ2v) is 6.64. The molecule has 2 unspecified atom stereocenters. The van der Waals surface area contributed by atoms with Crippen molar-refractivity contribution in [1.82, 2.24) is 5.32 Å². The van der Waals surface area contributed by atoms with Gasteiger partial charge in [-0.15, -0.1) is 0 Å². The van der Waals surface area contributed by atoms with Crippen LogP contribution in [0, 0.1) is 17.7 Å². The Kier molecular flexibility index (Phi) is 4.66. The second-order valence-electron chi connectivity index (χ2n) is 6.64. The summed E-state index contributed by atoms with van der Waals surface area (Å²) in [6, 6.07) is 11.7. The molecule has 0 spiro atoms. The number of rotatable bonds is 6. The summed E-state index contributed by atoms with van der Waals surface area (Å²) in [6.45, 7) is 0.511. The van der Waals surface area contributed by atoms with E-state index in [0.717, 1.165) is 0 Å². The van der Waals surface area contributed by atoms with E-state index in [9.17, 15) is 14.0 Å². The molecule has 2 aromatic rings. The Hall–Kier alpha value is -3.09. The highest BCUT2D eigenvalue weighted by Crippen LogP contribution is 2.40. The van der Waals surface area contributed by atoms with E-state index in [1.807, 2.05) is 0 Å². The van der Waals surface area contributed by atoms with Crippen molar-refractivity contribution >= 4 is 17.5 Å². The lowest BCUT2D eigenvalue weighted by Crippen LogP contribution is -2.29. The highest BCUT2D eigenvalue weighted by molar-refractivity contribution is 5.99. The Balaban J connectivity index is 1.24. The smallest absolute Gasteiger partial charge is 0.231 e. The Bertz CT molecular complexity index is 886. The van der Waals surface area contributed by atoms with Crippen LogP contribution in [-0.2, 0) is 16.0 Å². The van der Waals surface area contributed by atoms with Crippen molar-refractivity contribution in [2.45, 2.75) is 12.8 Å². The van der Waals surface area contributed by atoms with Crippen molar-refractivity contribution in [3.05, 3.63) is 53.8 Å². The quantitative estimate of drug-likeness (QED) is 0.819. The van der Waals surface area contributed by atoms with E-state index in [1.165, 1.54) is 6.07 Å². The Morgan fingerprint density at radius 3 is 2.67 bits per heavy atom. The maximum absolute atomic E-state index is 13.6. The molecule has 1 fully saturated rings. The fraction of sp³-hybridized carbons (Fsp3) is 0.300. The number of ether oxygens (including phenoxy) is 2. The highest BCUT2D eigenvalue weighted by atomic mass is 19.1. The van der Waals surface area contributed by atoms with Gasteiger partial charge in [0.1, 0.15) is 5.82 Å². The summed E-state index contributed by atoms with van der Waals surface area (Å²) < 4.78 is 24.1. The zero-order chi connectivity index (χ0) is 18.8. The summed E-state index contributed by atoms with van der Waals surface area (Å²) in [5.41, 5.74) is 1.17. The van der Waals surface area contributed by atoms with E-state index in [-0.39, 0.29) is 36.3 Å². The van der Waals surface area contributed by atoms with Crippen LogP contribution < -0.4 is 20.1 Å². The van der Waals surface area contributed by atoms with Crippen LogP contribution in [0.5, 0.6) is 11.5 Å². The van der Waals surface area contributed by atoms with Crippen molar-refractivity contribution < 1.29 is 23.5 Å². The van der Waals surface area contributed by atoms with Crippen LogP contribution in [-0.4, -0.2) is 25.2 Å². The number of hydrogen-bond donors (Lipinski definition) is 2. The summed E-state index contributed by atoms with van der Waals surface area (Å²) >= 11 is 0. The molecular formula is C20H19FN2O4. The van der Waals surface area contributed by atoms with Crippen molar-refractivity contribution in [3.8, 4) is 11.5 Å². The summed E-state index contributed by atoms with van der Waals surface area (Å²) in [6.07, 6.45) is 0.932.